The first kappa shape index (κ1) is 24.0. The first-order valence-electron chi connectivity index (χ1n) is 8.09. The smallest absolute Gasteiger partial charge is 0.161 e. The molecule has 1 heterocycles. The molecule has 1 aromatic heterocycles. The second-order valence-electron chi connectivity index (χ2n) is 5.22. The highest BCUT2D eigenvalue weighted by molar-refractivity contribution is 7.09. The standard InChI is InChI=1S/C18H26N2O2S.2ClH/c1-3-21-18-12-15(13-20-10-5-9-19-2)7-8-17(18)22-14-16-6-4-11-23-16;;/h4,6-8,11-12,19-20H,3,5,9-10,13-14H2,1-2H3;2*1H. The van der Waals surface area contributed by atoms with Gasteiger partial charge in [0.1, 0.15) is 6.61 Å². The van der Waals surface area contributed by atoms with Gasteiger partial charge in [0.2, 0.25) is 0 Å². The number of halogens is 2. The summed E-state index contributed by atoms with van der Waals surface area (Å²) in [6, 6.07) is 10.3. The Bertz CT molecular complexity index is 568. The lowest BCUT2D eigenvalue weighted by molar-refractivity contribution is 0.271. The number of benzene rings is 1. The van der Waals surface area contributed by atoms with Crippen LogP contribution in [0.1, 0.15) is 23.8 Å². The van der Waals surface area contributed by atoms with Gasteiger partial charge in [-0.2, -0.15) is 0 Å². The van der Waals surface area contributed by atoms with E-state index in [0.717, 1.165) is 37.6 Å². The molecule has 4 nitrogen and oxygen atoms in total. The van der Waals surface area contributed by atoms with E-state index in [0.29, 0.717) is 13.2 Å². The summed E-state index contributed by atoms with van der Waals surface area (Å²) in [7, 11) is 1.98. The summed E-state index contributed by atoms with van der Waals surface area (Å²) in [5.41, 5.74) is 1.21. The second kappa shape index (κ2) is 14.2. The van der Waals surface area contributed by atoms with E-state index < -0.39 is 0 Å². The van der Waals surface area contributed by atoms with E-state index in [1.807, 2.05) is 26.1 Å². The van der Waals surface area contributed by atoms with Crippen molar-refractivity contribution in [3.05, 3.63) is 46.2 Å². The molecule has 0 spiro atoms. The molecule has 7 heteroatoms. The van der Waals surface area contributed by atoms with E-state index >= 15 is 0 Å². The molecule has 0 amide bonds. The quantitative estimate of drug-likeness (QED) is 0.546. The topological polar surface area (TPSA) is 42.5 Å². The number of hydrogen-bond acceptors (Lipinski definition) is 5. The van der Waals surface area contributed by atoms with Crippen LogP contribution in [-0.2, 0) is 13.2 Å². The van der Waals surface area contributed by atoms with Crippen LogP contribution in [0.15, 0.2) is 35.7 Å². The molecular weight excluding hydrogens is 379 g/mol. The summed E-state index contributed by atoms with van der Waals surface area (Å²) in [5.74, 6) is 1.62. The largest absolute Gasteiger partial charge is 0.490 e. The average molecular weight is 407 g/mol. The van der Waals surface area contributed by atoms with Crippen molar-refractivity contribution < 1.29 is 9.47 Å². The lowest BCUT2D eigenvalue weighted by atomic mass is 10.2. The summed E-state index contributed by atoms with van der Waals surface area (Å²) in [4.78, 5) is 1.21. The van der Waals surface area contributed by atoms with Gasteiger partial charge in [0.05, 0.1) is 6.61 Å². The molecule has 0 saturated heterocycles. The molecule has 0 atom stereocenters. The van der Waals surface area contributed by atoms with Crippen LogP contribution in [0.2, 0.25) is 0 Å². The van der Waals surface area contributed by atoms with Crippen LogP contribution >= 0.6 is 36.2 Å². The first-order chi connectivity index (χ1) is 11.3. The Hall–Kier alpha value is -0.980. The number of thiophene rings is 1. The summed E-state index contributed by atoms with van der Waals surface area (Å²) in [6.45, 7) is 6.09. The van der Waals surface area contributed by atoms with Gasteiger partial charge in [-0.15, -0.1) is 36.2 Å². The van der Waals surface area contributed by atoms with E-state index in [-0.39, 0.29) is 24.8 Å². The molecule has 1 aromatic carbocycles. The molecule has 0 bridgehead atoms. The third-order valence-corrected chi connectivity index (χ3v) is 4.22. The minimum absolute atomic E-state index is 0. The van der Waals surface area contributed by atoms with Crippen LogP contribution in [0, 0.1) is 0 Å². The Morgan fingerprint density at radius 1 is 1.04 bits per heavy atom. The molecule has 0 aliphatic carbocycles. The SMILES string of the molecule is CCOc1cc(CNCCCNC)ccc1OCc1cccs1.Cl.Cl. The second-order valence-corrected chi connectivity index (χ2v) is 6.25. The summed E-state index contributed by atoms with van der Waals surface area (Å²) >= 11 is 1.70. The van der Waals surface area contributed by atoms with Gasteiger partial charge in [0, 0.05) is 11.4 Å². The fourth-order valence-corrected chi connectivity index (χ4v) is 2.83. The maximum Gasteiger partial charge on any atom is 0.161 e. The molecule has 0 aliphatic heterocycles. The van der Waals surface area contributed by atoms with Gasteiger partial charge in [-0.3, -0.25) is 0 Å². The molecule has 142 valence electrons. The maximum atomic E-state index is 5.90. The predicted octanol–water partition coefficient (Wildman–Crippen LogP) is 4.27. The fourth-order valence-electron chi connectivity index (χ4n) is 2.22. The third kappa shape index (κ3) is 8.79. The Morgan fingerprint density at radius 3 is 2.56 bits per heavy atom. The lowest BCUT2D eigenvalue weighted by Gasteiger charge is -2.13. The van der Waals surface area contributed by atoms with Crippen molar-refractivity contribution >= 4 is 36.2 Å². The number of rotatable bonds is 11. The first-order valence-corrected chi connectivity index (χ1v) is 8.97. The maximum absolute atomic E-state index is 5.90. The van der Waals surface area contributed by atoms with Crippen molar-refractivity contribution in [2.45, 2.75) is 26.5 Å². The highest BCUT2D eigenvalue weighted by Gasteiger charge is 2.07. The monoisotopic (exact) mass is 406 g/mol. The number of nitrogens with one attached hydrogen (secondary N) is 2. The van der Waals surface area contributed by atoms with E-state index in [4.69, 9.17) is 9.47 Å². The van der Waals surface area contributed by atoms with E-state index in [1.54, 1.807) is 11.3 Å². The fraction of sp³-hybridized carbons (Fsp3) is 0.444. The van der Waals surface area contributed by atoms with Crippen molar-refractivity contribution in [3.8, 4) is 11.5 Å². The highest BCUT2D eigenvalue weighted by atomic mass is 35.5. The number of hydrogen-bond donors (Lipinski definition) is 2. The van der Waals surface area contributed by atoms with Gasteiger partial charge >= 0.3 is 0 Å². The lowest BCUT2D eigenvalue weighted by Crippen LogP contribution is -2.19. The summed E-state index contributed by atoms with van der Waals surface area (Å²) in [5, 5.41) is 8.66. The van der Waals surface area contributed by atoms with Crippen molar-refractivity contribution in [1.82, 2.24) is 10.6 Å². The van der Waals surface area contributed by atoms with Gasteiger partial charge in [0.25, 0.3) is 0 Å². The Kier molecular flexibility index (Phi) is 13.7. The van der Waals surface area contributed by atoms with Crippen molar-refractivity contribution in [2.24, 2.45) is 0 Å². The van der Waals surface area contributed by atoms with Gasteiger partial charge in [-0.1, -0.05) is 12.1 Å². The minimum Gasteiger partial charge on any atom is -0.490 e. The molecular formula is C18H28Cl2N2O2S. The van der Waals surface area contributed by atoms with Gasteiger partial charge < -0.3 is 20.1 Å². The van der Waals surface area contributed by atoms with Gasteiger partial charge in [0.15, 0.2) is 11.5 Å². The van der Waals surface area contributed by atoms with Crippen LogP contribution < -0.4 is 20.1 Å². The van der Waals surface area contributed by atoms with E-state index in [1.165, 1.54) is 10.4 Å². The Morgan fingerprint density at radius 2 is 1.88 bits per heavy atom. The van der Waals surface area contributed by atoms with Crippen LogP contribution in [0.4, 0.5) is 0 Å². The zero-order valence-corrected chi connectivity index (χ0v) is 17.2. The molecule has 0 fully saturated rings. The van der Waals surface area contributed by atoms with E-state index in [9.17, 15) is 0 Å². The summed E-state index contributed by atoms with van der Waals surface area (Å²) in [6.07, 6.45) is 1.12. The van der Waals surface area contributed by atoms with Gasteiger partial charge in [-0.25, -0.2) is 0 Å². The summed E-state index contributed by atoms with van der Waals surface area (Å²) < 4.78 is 11.6. The van der Waals surface area contributed by atoms with Crippen molar-refractivity contribution in [1.29, 1.82) is 0 Å². The molecule has 0 unspecified atom stereocenters. The Labute approximate surface area is 167 Å². The predicted molar refractivity (Wildman–Crippen MR) is 111 cm³/mol. The molecule has 2 aromatic rings. The molecule has 0 saturated carbocycles. The molecule has 2 rings (SSSR count). The van der Waals surface area contributed by atoms with Crippen molar-refractivity contribution in [3.63, 3.8) is 0 Å². The zero-order valence-electron chi connectivity index (χ0n) is 14.7. The minimum atomic E-state index is 0. The highest BCUT2D eigenvalue weighted by Crippen LogP contribution is 2.29. The van der Waals surface area contributed by atoms with Crippen LogP contribution in [0.25, 0.3) is 0 Å². The normalized spacial score (nSPS) is 9.84. The van der Waals surface area contributed by atoms with Crippen LogP contribution in [0.3, 0.4) is 0 Å². The Balaban J connectivity index is 0.00000288. The number of ether oxygens (including phenoxy) is 2. The van der Waals surface area contributed by atoms with Gasteiger partial charge in [-0.05, 0) is 62.6 Å². The van der Waals surface area contributed by atoms with E-state index in [2.05, 4.69) is 34.2 Å². The zero-order chi connectivity index (χ0) is 16.3. The molecule has 25 heavy (non-hydrogen) atoms. The molecule has 2 N–H and O–H groups in total. The molecule has 0 radical (unpaired) electrons. The average Bonchev–Trinajstić information content (AvgIpc) is 3.08. The van der Waals surface area contributed by atoms with Crippen LogP contribution in [0.5, 0.6) is 11.5 Å². The van der Waals surface area contributed by atoms with Crippen molar-refractivity contribution in [2.75, 3.05) is 26.7 Å². The molecule has 0 aliphatic rings. The van der Waals surface area contributed by atoms with Crippen LogP contribution in [-0.4, -0.2) is 26.7 Å². The third-order valence-electron chi connectivity index (χ3n) is 3.37.